The maximum absolute atomic E-state index is 15.3. The molecule has 1 aliphatic heterocycles. The lowest BCUT2D eigenvalue weighted by Crippen LogP contribution is -2.55. The summed E-state index contributed by atoms with van der Waals surface area (Å²) in [4.78, 5) is 5.77. The molecule has 0 amide bonds. The second-order valence-electron chi connectivity index (χ2n) is 11.3. The van der Waals surface area contributed by atoms with Crippen molar-refractivity contribution in [1.29, 1.82) is 0 Å². The Morgan fingerprint density at radius 2 is 1.76 bits per heavy atom. The van der Waals surface area contributed by atoms with Crippen LogP contribution in [0.15, 0.2) is 5.16 Å². The third-order valence-electron chi connectivity index (χ3n) is 10.1. The predicted octanol–water partition coefficient (Wildman–Crippen LogP) is 4.46. The Morgan fingerprint density at radius 3 is 2.55 bits per heavy atom. The fourth-order valence-corrected chi connectivity index (χ4v) is 8.18. The Morgan fingerprint density at radius 1 is 1.00 bits per heavy atom. The van der Waals surface area contributed by atoms with E-state index in [0.29, 0.717) is 35.8 Å². The highest BCUT2D eigenvalue weighted by Crippen LogP contribution is 2.66. The summed E-state index contributed by atoms with van der Waals surface area (Å²) in [5.74, 6) is 2.44. The number of oxime groups is 1. The van der Waals surface area contributed by atoms with Crippen LogP contribution in [0.2, 0.25) is 0 Å². The van der Waals surface area contributed by atoms with E-state index in [-0.39, 0.29) is 23.0 Å². The minimum absolute atomic E-state index is 0.0744. The summed E-state index contributed by atoms with van der Waals surface area (Å²) >= 11 is 0. The quantitative estimate of drug-likeness (QED) is 0.666. The van der Waals surface area contributed by atoms with Gasteiger partial charge in [-0.3, -0.25) is 0 Å². The molecule has 29 heavy (non-hydrogen) atoms. The maximum atomic E-state index is 15.3. The first-order chi connectivity index (χ1) is 13.9. The summed E-state index contributed by atoms with van der Waals surface area (Å²) in [7, 11) is 0. The van der Waals surface area contributed by atoms with Crippen LogP contribution in [0.3, 0.4) is 0 Å². The molecule has 0 radical (unpaired) electrons. The van der Waals surface area contributed by atoms with Crippen molar-refractivity contribution in [2.24, 2.45) is 39.7 Å². The van der Waals surface area contributed by atoms with E-state index in [2.05, 4.69) is 24.3 Å². The van der Waals surface area contributed by atoms with Crippen LogP contribution in [0.4, 0.5) is 4.39 Å². The highest BCUT2D eigenvalue weighted by atomic mass is 19.1. The van der Waals surface area contributed by atoms with Crippen LogP contribution in [0.5, 0.6) is 0 Å². The third kappa shape index (κ3) is 3.26. The molecule has 0 aromatic heterocycles. The van der Waals surface area contributed by atoms with Gasteiger partial charge in [-0.05, 0) is 112 Å². The molecule has 5 aliphatic rings. The molecule has 0 spiro atoms. The first kappa shape index (κ1) is 20.2. The van der Waals surface area contributed by atoms with Gasteiger partial charge in [0.1, 0.15) is 12.3 Å². The lowest BCUT2D eigenvalue weighted by Gasteiger charge is -2.60. The van der Waals surface area contributed by atoms with Crippen molar-refractivity contribution < 1.29 is 14.3 Å². The molecule has 0 aromatic rings. The van der Waals surface area contributed by atoms with Gasteiger partial charge in [0.2, 0.25) is 0 Å². The molecule has 1 unspecified atom stereocenters. The van der Waals surface area contributed by atoms with Gasteiger partial charge in [-0.25, -0.2) is 4.39 Å². The number of piperidine rings is 1. The van der Waals surface area contributed by atoms with E-state index in [0.717, 1.165) is 58.0 Å². The Kier molecular flexibility index (Phi) is 5.22. The Hall–Kier alpha value is -0.680. The minimum atomic E-state index is -0.959. The number of fused-ring (bicyclic) bond motifs is 5. The molecule has 0 aromatic carbocycles. The summed E-state index contributed by atoms with van der Waals surface area (Å²) in [6, 6.07) is 0. The summed E-state index contributed by atoms with van der Waals surface area (Å²) in [5.41, 5.74) is 0.843. The van der Waals surface area contributed by atoms with Crippen molar-refractivity contribution in [3.05, 3.63) is 0 Å². The molecule has 5 rings (SSSR count). The summed E-state index contributed by atoms with van der Waals surface area (Å²) in [5, 5.41) is 18.3. The van der Waals surface area contributed by atoms with Crippen LogP contribution in [-0.2, 0) is 4.84 Å². The average molecular weight is 407 g/mol. The second-order valence-corrected chi connectivity index (χ2v) is 11.3. The van der Waals surface area contributed by atoms with E-state index >= 15 is 4.39 Å². The lowest BCUT2D eigenvalue weighted by atomic mass is 9.45. The van der Waals surface area contributed by atoms with Gasteiger partial charge >= 0.3 is 0 Å². The maximum Gasteiger partial charge on any atom is 0.142 e. The van der Waals surface area contributed by atoms with Crippen LogP contribution in [0.1, 0.15) is 78.1 Å². The van der Waals surface area contributed by atoms with Crippen LogP contribution < -0.4 is 5.32 Å². The highest BCUT2D eigenvalue weighted by Gasteiger charge is 2.61. The van der Waals surface area contributed by atoms with Crippen molar-refractivity contribution in [3.63, 3.8) is 0 Å². The van der Waals surface area contributed by atoms with Crippen molar-refractivity contribution in [3.8, 4) is 0 Å². The number of hydrogen-bond acceptors (Lipinski definition) is 4. The minimum Gasteiger partial charge on any atom is -0.393 e. The van der Waals surface area contributed by atoms with Gasteiger partial charge in [0.25, 0.3) is 0 Å². The summed E-state index contributed by atoms with van der Waals surface area (Å²) in [6.07, 6.45) is 9.18. The molecule has 1 heterocycles. The standard InChI is InChI=1S/C24H39FN2O2/c1-23-10-7-19-17(18(23)5-6-22(23)28)4-3-15-13-21(20(25)14-24(15,19)2)27-29-16-8-11-26-12-9-16/h15-20,22,26,28H,3-14H2,1-2H3/b27-21+/t15?,17-,18-,19-,20+,22-,23-,24-/m0/s1. The molecular formula is C24H39FN2O2. The molecule has 164 valence electrons. The number of aliphatic hydroxyl groups is 1. The van der Waals surface area contributed by atoms with E-state index < -0.39 is 6.17 Å². The van der Waals surface area contributed by atoms with Gasteiger partial charge in [-0.15, -0.1) is 0 Å². The van der Waals surface area contributed by atoms with Gasteiger partial charge in [0.15, 0.2) is 0 Å². The van der Waals surface area contributed by atoms with E-state index in [9.17, 15) is 5.11 Å². The van der Waals surface area contributed by atoms with E-state index in [1.807, 2.05) is 0 Å². The van der Waals surface area contributed by atoms with Gasteiger partial charge in [0, 0.05) is 0 Å². The fraction of sp³-hybridized carbons (Fsp3) is 0.958. The number of rotatable bonds is 2. The molecular weight excluding hydrogens is 367 g/mol. The zero-order chi connectivity index (χ0) is 20.2. The van der Waals surface area contributed by atoms with Crippen molar-refractivity contribution in [2.75, 3.05) is 13.1 Å². The number of alkyl halides is 1. The summed E-state index contributed by atoms with van der Waals surface area (Å²) < 4.78 is 15.3. The highest BCUT2D eigenvalue weighted by molar-refractivity contribution is 5.89. The molecule has 5 fully saturated rings. The van der Waals surface area contributed by atoms with Crippen molar-refractivity contribution in [2.45, 2.75) is 96.4 Å². The van der Waals surface area contributed by atoms with Gasteiger partial charge in [-0.2, -0.15) is 0 Å². The first-order valence-corrected chi connectivity index (χ1v) is 12.2. The lowest BCUT2D eigenvalue weighted by molar-refractivity contribution is -0.118. The van der Waals surface area contributed by atoms with Crippen molar-refractivity contribution in [1.82, 2.24) is 5.32 Å². The second kappa shape index (κ2) is 7.47. The van der Waals surface area contributed by atoms with E-state index in [1.165, 1.54) is 12.8 Å². The zero-order valence-electron chi connectivity index (χ0n) is 18.2. The topological polar surface area (TPSA) is 53.8 Å². The Balaban J connectivity index is 1.31. The molecule has 4 saturated carbocycles. The van der Waals surface area contributed by atoms with Crippen LogP contribution in [-0.4, -0.2) is 42.3 Å². The Labute approximate surface area is 175 Å². The van der Waals surface area contributed by atoms with Crippen molar-refractivity contribution >= 4 is 5.71 Å². The zero-order valence-corrected chi connectivity index (χ0v) is 18.2. The smallest absolute Gasteiger partial charge is 0.142 e. The Bertz CT molecular complexity index is 651. The fourth-order valence-electron chi connectivity index (χ4n) is 8.18. The van der Waals surface area contributed by atoms with Crippen LogP contribution in [0.25, 0.3) is 0 Å². The first-order valence-electron chi connectivity index (χ1n) is 12.2. The largest absolute Gasteiger partial charge is 0.393 e. The average Bonchev–Trinajstić information content (AvgIpc) is 3.02. The van der Waals surface area contributed by atoms with Crippen LogP contribution >= 0.6 is 0 Å². The van der Waals surface area contributed by atoms with Gasteiger partial charge < -0.3 is 15.3 Å². The van der Waals surface area contributed by atoms with E-state index in [1.54, 1.807) is 0 Å². The van der Waals surface area contributed by atoms with Gasteiger partial charge in [-0.1, -0.05) is 19.0 Å². The summed E-state index contributed by atoms with van der Waals surface area (Å²) in [6.45, 7) is 6.63. The molecule has 4 aliphatic carbocycles. The number of aliphatic hydroxyl groups excluding tert-OH is 1. The number of nitrogens with one attached hydrogen (secondary N) is 1. The van der Waals surface area contributed by atoms with E-state index in [4.69, 9.17) is 4.84 Å². The SMILES string of the molecule is C[C@]12CC[C@H]3[C@@H](CCC4C/C(=N\OC5CCNCC5)[C@H](F)C[C@@]43C)[C@@H]1CC[C@@H]2O. The van der Waals surface area contributed by atoms with Gasteiger partial charge in [0.05, 0.1) is 11.8 Å². The predicted molar refractivity (Wildman–Crippen MR) is 112 cm³/mol. The molecule has 4 nitrogen and oxygen atoms in total. The molecule has 8 atom stereocenters. The number of nitrogens with zero attached hydrogens (tertiary/aromatic N) is 1. The van der Waals surface area contributed by atoms with Crippen LogP contribution in [0, 0.1) is 34.5 Å². The molecule has 5 heteroatoms. The normalized spacial score (nSPS) is 51.9. The third-order valence-corrected chi connectivity index (χ3v) is 10.1. The number of halogens is 1. The molecule has 2 N–H and O–H groups in total. The molecule has 1 saturated heterocycles. The monoisotopic (exact) mass is 406 g/mol. The molecule has 0 bridgehead atoms. The number of hydrogen-bond donors (Lipinski definition) is 2.